The van der Waals surface area contributed by atoms with Gasteiger partial charge in [-0.25, -0.2) is 13.4 Å². The van der Waals surface area contributed by atoms with E-state index in [1.807, 2.05) is 6.07 Å². The summed E-state index contributed by atoms with van der Waals surface area (Å²) in [6, 6.07) is 6.98. The molecular formula is C15H16BrN3O3S. The van der Waals surface area contributed by atoms with Gasteiger partial charge in [0.1, 0.15) is 11.6 Å². The van der Waals surface area contributed by atoms with Crippen LogP contribution in [0.15, 0.2) is 34.9 Å². The minimum Gasteiger partial charge on any atom is -0.497 e. The summed E-state index contributed by atoms with van der Waals surface area (Å²) >= 11 is 3.36. The van der Waals surface area contributed by atoms with Crippen molar-refractivity contribution in [2.24, 2.45) is 0 Å². The lowest BCUT2D eigenvalue weighted by Gasteiger charge is -2.12. The number of ether oxygens (including phenoxy) is 1. The molecule has 1 heterocycles. The van der Waals surface area contributed by atoms with Crippen LogP contribution in [0.25, 0.3) is 11.1 Å². The lowest BCUT2D eigenvalue weighted by molar-refractivity contribution is 0.415. The Kier molecular flexibility index (Phi) is 4.20. The van der Waals surface area contributed by atoms with Crippen molar-refractivity contribution < 1.29 is 13.2 Å². The normalized spacial score (nSPS) is 14.5. The van der Waals surface area contributed by atoms with E-state index < -0.39 is 10.0 Å². The fraction of sp³-hybridized carbons (Fsp3) is 0.267. The van der Waals surface area contributed by atoms with Gasteiger partial charge in [0.15, 0.2) is 0 Å². The number of halogens is 1. The molecular weight excluding hydrogens is 382 g/mol. The summed E-state index contributed by atoms with van der Waals surface area (Å²) < 4.78 is 32.9. The third kappa shape index (κ3) is 3.59. The predicted octanol–water partition coefficient (Wildman–Crippen LogP) is 3.01. The van der Waals surface area contributed by atoms with E-state index >= 15 is 0 Å². The number of nitrogen functional groups attached to an aromatic ring is 1. The zero-order valence-corrected chi connectivity index (χ0v) is 14.8. The van der Waals surface area contributed by atoms with Crippen molar-refractivity contribution in [2.45, 2.75) is 18.1 Å². The number of aromatic nitrogens is 1. The number of anilines is 2. The van der Waals surface area contributed by atoms with Crippen LogP contribution >= 0.6 is 15.9 Å². The summed E-state index contributed by atoms with van der Waals surface area (Å²) in [4.78, 5) is 4.10. The van der Waals surface area contributed by atoms with Gasteiger partial charge < -0.3 is 10.5 Å². The van der Waals surface area contributed by atoms with E-state index in [4.69, 9.17) is 10.5 Å². The van der Waals surface area contributed by atoms with Crippen molar-refractivity contribution in [3.8, 4) is 16.9 Å². The second-order valence-electron chi connectivity index (χ2n) is 5.38. The number of hydrogen-bond acceptors (Lipinski definition) is 5. The third-order valence-electron chi connectivity index (χ3n) is 3.56. The highest BCUT2D eigenvalue weighted by Crippen LogP contribution is 2.35. The van der Waals surface area contributed by atoms with Gasteiger partial charge in [-0.3, -0.25) is 4.72 Å². The van der Waals surface area contributed by atoms with Gasteiger partial charge >= 0.3 is 0 Å². The van der Waals surface area contributed by atoms with Crippen LogP contribution in [0.5, 0.6) is 5.75 Å². The Hall–Kier alpha value is -1.80. The highest BCUT2D eigenvalue weighted by Gasteiger charge is 2.35. The highest BCUT2D eigenvalue weighted by molar-refractivity contribution is 9.10. The van der Waals surface area contributed by atoms with Crippen molar-refractivity contribution >= 4 is 37.5 Å². The molecule has 122 valence electrons. The molecule has 8 heteroatoms. The Morgan fingerprint density at radius 1 is 1.30 bits per heavy atom. The minimum atomic E-state index is -3.34. The van der Waals surface area contributed by atoms with Crippen molar-refractivity contribution in [1.82, 2.24) is 4.98 Å². The number of nitrogens with one attached hydrogen (secondary N) is 1. The van der Waals surface area contributed by atoms with E-state index in [1.165, 1.54) is 7.11 Å². The number of nitrogens with two attached hydrogens (primary N) is 1. The Labute approximate surface area is 143 Å². The van der Waals surface area contributed by atoms with Crippen molar-refractivity contribution in [1.29, 1.82) is 0 Å². The number of rotatable bonds is 5. The van der Waals surface area contributed by atoms with Crippen LogP contribution in [0.1, 0.15) is 12.8 Å². The first-order valence-electron chi connectivity index (χ1n) is 7.01. The lowest BCUT2D eigenvalue weighted by atomic mass is 10.1. The molecule has 0 aliphatic heterocycles. The highest BCUT2D eigenvalue weighted by atomic mass is 79.9. The van der Waals surface area contributed by atoms with Gasteiger partial charge in [-0.1, -0.05) is 0 Å². The van der Waals surface area contributed by atoms with Crippen LogP contribution in [0.2, 0.25) is 0 Å². The molecule has 3 N–H and O–H groups in total. The van der Waals surface area contributed by atoms with E-state index in [-0.39, 0.29) is 5.25 Å². The molecule has 0 atom stereocenters. The van der Waals surface area contributed by atoms with Gasteiger partial charge in [0.25, 0.3) is 0 Å². The van der Waals surface area contributed by atoms with E-state index in [0.29, 0.717) is 35.7 Å². The topological polar surface area (TPSA) is 94.3 Å². The Bertz CT molecular complexity index is 851. The molecule has 0 amide bonds. The van der Waals surface area contributed by atoms with Gasteiger partial charge in [0.05, 0.1) is 18.0 Å². The van der Waals surface area contributed by atoms with Gasteiger partial charge in [-0.05, 0) is 52.5 Å². The van der Waals surface area contributed by atoms with Gasteiger partial charge in [-0.15, -0.1) is 0 Å². The maximum Gasteiger partial charge on any atom is 0.235 e. The number of methoxy groups -OCH3 is 1. The molecule has 0 spiro atoms. The minimum absolute atomic E-state index is 0.297. The van der Waals surface area contributed by atoms with E-state index in [0.717, 1.165) is 10.0 Å². The molecule has 1 saturated carbocycles. The molecule has 1 aromatic heterocycles. The average Bonchev–Trinajstić information content (AvgIpc) is 3.34. The number of pyridine rings is 1. The summed E-state index contributed by atoms with van der Waals surface area (Å²) in [5, 5.41) is -0.297. The quantitative estimate of drug-likeness (QED) is 0.808. The number of nitrogens with zero attached hydrogens (tertiary/aromatic N) is 1. The molecule has 23 heavy (non-hydrogen) atoms. The largest absolute Gasteiger partial charge is 0.497 e. The van der Waals surface area contributed by atoms with Crippen molar-refractivity contribution in [2.75, 3.05) is 17.6 Å². The van der Waals surface area contributed by atoms with Crippen molar-refractivity contribution in [3.63, 3.8) is 0 Å². The number of hydrogen-bond donors (Lipinski definition) is 2. The summed E-state index contributed by atoms with van der Waals surface area (Å²) in [6.45, 7) is 0. The van der Waals surface area contributed by atoms with Crippen LogP contribution in [-0.2, 0) is 10.0 Å². The van der Waals surface area contributed by atoms with E-state index in [9.17, 15) is 8.42 Å². The van der Waals surface area contributed by atoms with Gasteiger partial charge in [0.2, 0.25) is 10.0 Å². The SMILES string of the molecule is COc1cc(NS(=O)(=O)C2CC2)cc(-c2cc(Br)cnc2N)c1. The van der Waals surface area contributed by atoms with E-state index in [1.54, 1.807) is 24.4 Å². The molecule has 3 rings (SSSR count). The summed E-state index contributed by atoms with van der Waals surface area (Å²) in [5.41, 5.74) is 7.81. The molecule has 0 bridgehead atoms. The van der Waals surface area contributed by atoms with Gasteiger partial charge in [-0.2, -0.15) is 0 Å². The average molecular weight is 398 g/mol. The molecule has 0 unspecified atom stereocenters. The summed E-state index contributed by atoms with van der Waals surface area (Å²) in [5.74, 6) is 0.896. The Morgan fingerprint density at radius 2 is 2.04 bits per heavy atom. The van der Waals surface area contributed by atoms with Crippen molar-refractivity contribution in [3.05, 3.63) is 34.9 Å². The second-order valence-corrected chi connectivity index (χ2v) is 8.26. The fourth-order valence-electron chi connectivity index (χ4n) is 2.24. The van der Waals surface area contributed by atoms with Crippen LogP contribution in [0.4, 0.5) is 11.5 Å². The zero-order chi connectivity index (χ0) is 16.6. The van der Waals surface area contributed by atoms with Gasteiger partial charge in [0, 0.05) is 22.3 Å². The van der Waals surface area contributed by atoms with E-state index in [2.05, 4.69) is 25.6 Å². The molecule has 1 fully saturated rings. The molecule has 1 aliphatic carbocycles. The Balaban J connectivity index is 2.04. The monoisotopic (exact) mass is 397 g/mol. The standard InChI is InChI=1S/C15H16BrN3O3S/c1-22-12-5-9(14-6-10(16)8-18-15(14)17)4-11(7-12)19-23(20,21)13-2-3-13/h4-8,13,19H,2-3H2,1H3,(H2,17,18). The summed E-state index contributed by atoms with van der Waals surface area (Å²) in [7, 11) is -1.82. The van der Waals surface area contributed by atoms with Crippen LogP contribution in [0.3, 0.4) is 0 Å². The first-order chi connectivity index (χ1) is 10.9. The number of sulfonamides is 1. The van der Waals surface area contributed by atoms with Crippen LogP contribution in [-0.4, -0.2) is 25.8 Å². The first-order valence-corrected chi connectivity index (χ1v) is 9.35. The second kappa shape index (κ2) is 6.01. The first kappa shape index (κ1) is 16.1. The molecule has 1 aromatic carbocycles. The maximum atomic E-state index is 12.1. The number of benzene rings is 1. The molecule has 2 aromatic rings. The van der Waals surface area contributed by atoms with Crippen LogP contribution in [0, 0.1) is 0 Å². The third-order valence-corrected chi connectivity index (χ3v) is 5.86. The molecule has 1 aliphatic rings. The predicted molar refractivity (Wildman–Crippen MR) is 93.9 cm³/mol. The lowest BCUT2D eigenvalue weighted by Crippen LogP contribution is -2.17. The van der Waals surface area contributed by atoms with Crippen LogP contribution < -0.4 is 15.2 Å². The zero-order valence-electron chi connectivity index (χ0n) is 12.4. The Morgan fingerprint density at radius 3 is 2.70 bits per heavy atom. The summed E-state index contributed by atoms with van der Waals surface area (Å²) in [6.07, 6.45) is 3.01. The molecule has 0 saturated heterocycles. The fourth-order valence-corrected chi connectivity index (χ4v) is 3.94. The molecule has 0 radical (unpaired) electrons. The smallest absolute Gasteiger partial charge is 0.235 e. The molecule has 6 nitrogen and oxygen atoms in total. The maximum absolute atomic E-state index is 12.1.